The van der Waals surface area contributed by atoms with Crippen molar-refractivity contribution in [3.63, 3.8) is 0 Å². The van der Waals surface area contributed by atoms with Crippen LogP contribution >= 0.6 is 11.3 Å². The fourth-order valence-corrected chi connectivity index (χ4v) is 4.02. The minimum Gasteiger partial charge on any atom is -0.366 e. The number of thiazole rings is 1. The van der Waals surface area contributed by atoms with Crippen molar-refractivity contribution in [2.24, 2.45) is 5.73 Å². The third kappa shape index (κ3) is 4.96. The first kappa shape index (κ1) is 25.0. The molecule has 3 rings (SSSR count). The van der Waals surface area contributed by atoms with Crippen molar-refractivity contribution in [3.05, 3.63) is 81.4 Å². The lowest BCUT2D eigenvalue weighted by Crippen LogP contribution is -2.37. The maximum Gasteiger partial charge on any atom is 0.435 e. The highest BCUT2D eigenvalue weighted by atomic mass is 32.1. The predicted molar refractivity (Wildman–Crippen MR) is 114 cm³/mol. The van der Waals surface area contributed by atoms with E-state index in [0.717, 1.165) is 42.5 Å². The lowest BCUT2D eigenvalue weighted by Gasteiger charge is -2.25. The molecular formula is C22H16F5N3O3S. The van der Waals surface area contributed by atoms with Gasteiger partial charge in [0.05, 0.1) is 5.41 Å². The smallest absolute Gasteiger partial charge is 0.366 e. The normalized spacial score (nSPS) is 11.9. The summed E-state index contributed by atoms with van der Waals surface area (Å²) >= 11 is 0.275. The maximum absolute atomic E-state index is 13.8. The number of halogens is 5. The molecule has 1 heterocycles. The third-order valence-corrected chi connectivity index (χ3v) is 5.89. The number of hydrogen-bond donors (Lipinski definition) is 2. The molecule has 0 radical (unpaired) electrons. The van der Waals surface area contributed by atoms with E-state index in [4.69, 9.17) is 5.73 Å². The van der Waals surface area contributed by atoms with Crippen LogP contribution in [0.4, 0.5) is 27.1 Å². The quantitative estimate of drug-likeness (QED) is 0.381. The number of alkyl halides is 3. The molecular weight excluding hydrogens is 481 g/mol. The Labute approximate surface area is 193 Å². The van der Waals surface area contributed by atoms with Crippen LogP contribution in [0, 0.1) is 11.6 Å². The highest BCUT2D eigenvalue weighted by molar-refractivity contribution is 7.18. The molecule has 3 N–H and O–H groups in total. The molecule has 0 saturated heterocycles. The molecule has 178 valence electrons. The topological polar surface area (TPSA) is 102 Å². The van der Waals surface area contributed by atoms with Crippen LogP contribution in [0.3, 0.4) is 0 Å². The van der Waals surface area contributed by atoms with Crippen LogP contribution in [-0.4, -0.2) is 22.6 Å². The van der Waals surface area contributed by atoms with Gasteiger partial charge < -0.3 is 11.1 Å². The van der Waals surface area contributed by atoms with E-state index in [2.05, 4.69) is 10.3 Å². The number of ketones is 1. The Morgan fingerprint density at radius 2 is 1.56 bits per heavy atom. The van der Waals surface area contributed by atoms with Gasteiger partial charge in [0.25, 0.3) is 0 Å². The van der Waals surface area contributed by atoms with Crippen molar-refractivity contribution < 1.29 is 36.3 Å². The summed E-state index contributed by atoms with van der Waals surface area (Å²) in [7, 11) is 0. The molecule has 0 bridgehead atoms. The minimum atomic E-state index is -5.03. The van der Waals surface area contributed by atoms with Crippen molar-refractivity contribution in [1.29, 1.82) is 0 Å². The van der Waals surface area contributed by atoms with Gasteiger partial charge in [0.1, 0.15) is 16.5 Å². The van der Waals surface area contributed by atoms with E-state index in [1.807, 2.05) is 0 Å². The lowest BCUT2D eigenvalue weighted by molar-refractivity contribution is -0.141. The van der Waals surface area contributed by atoms with Gasteiger partial charge >= 0.3 is 6.18 Å². The van der Waals surface area contributed by atoms with Crippen molar-refractivity contribution in [3.8, 4) is 0 Å². The fraction of sp³-hybridized carbons (Fsp3) is 0.182. The van der Waals surface area contributed by atoms with Crippen molar-refractivity contribution in [2.75, 3.05) is 5.32 Å². The maximum atomic E-state index is 13.8. The van der Waals surface area contributed by atoms with E-state index in [0.29, 0.717) is 0 Å². The van der Waals surface area contributed by atoms with Gasteiger partial charge in [-0.05, 0) is 61.9 Å². The Morgan fingerprint density at radius 3 is 2.12 bits per heavy atom. The first-order valence-electron chi connectivity index (χ1n) is 9.51. The van der Waals surface area contributed by atoms with Gasteiger partial charge in [0, 0.05) is 11.1 Å². The van der Waals surface area contributed by atoms with E-state index in [9.17, 15) is 36.3 Å². The van der Waals surface area contributed by atoms with E-state index >= 15 is 0 Å². The second kappa shape index (κ2) is 8.93. The van der Waals surface area contributed by atoms with Gasteiger partial charge in [-0.2, -0.15) is 13.2 Å². The van der Waals surface area contributed by atoms with Gasteiger partial charge in [0.15, 0.2) is 10.8 Å². The van der Waals surface area contributed by atoms with Gasteiger partial charge in [0.2, 0.25) is 17.6 Å². The Morgan fingerprint density at radius 1 is 0.971 bits per heavy atom. The SMILES string of the molecule is CC(C)(C(=O)Nc1nc(C(F)(F)F)c(C(=O)c2ccc(F)cc2)s1)c1cc(F)ccc1C(N)=O. The number of hydrogen-bond acceptors (Lipinski definition) is 5. The first-order chi connectivity index (χ1) is 15.7. The number of nitrogens with two attached hydrogens (primary N) is 1. The molecule has 6 nitrogen and oxygen atoms in total. The summed E-state index contributed by atoms with van der Waals surface area (Å²) < 4.78 is 67.6. The van der Waals surface area contributed by atoms with Crippen LogP contribution in [0.1, 0.15) is 50.7 Å². The molecule has 3 aromatic rings. The minimum absolute atomic E-state index is 0.0901. The number of anilines is 1. The summed E-state index contributed by atoms with van der Waals surface area (Å²) in [5, 5.41) is 1.65. The number of benzene rings is 2. The van der Waals surface area contributed by atoms with E-state index < -0.39 is 56.5 Å². The summed E-state index contributed by atoms with van der Waals surface area (Å²) in [6.45, 7) is 2.62. The van der Waals surface area contributed by atoms with Crippen molar-refractivity contribution in [1.82, 2.24) is 4.98 Å². The zero-order valence-electron chi connectivity index (χ0n) is 17.6. The molecule has 0 unspecified atom stereocenters. The number of primary amides is 1. The summed E-state index contributed by atoms with van der Waals surface area (Å²) in [6, 6.07) is 6.87. The molecule has 0 fully saturated rings. The van der Waals surface area contributed by atoms with Crippen LogP contribution in [-0.2, 0) is 16.4 Å². The molecule has 0 spiro atoms. The number of nitrogens with zero attached hydrogens (tertiary/aromatic N) is 1. The molecule has 0 aliphatic carbocycles. The summed E-state index contributed by atoms with van der Waals surface area (Å²) in [6.07, 6.45) is -5.03. The molecule has 0 atom stereocenters. The van der Waals surface area contributed by atoms with Crippen LogP contribution in [0.25, 0.3) is 0 Å². The molecule has 12 heteroatoms. The monoisotopic (exact) mass is 497 g/mol. The number of rotatable bonds is 6. The van der Waals surface area contributed by atoms with Gasteiger partial charge in [-0.3, -0.25) is 14.4 Å². The van der Waals surface area contributed by atoms with Crippen LogP contribution < -0.4 is 11.1 Å². The van der Waals surface area contributed by atoms with E-state index in [1.54, 1.807) is 0 Å². The van der Waals surface area contributed by atoms with E-state index in [-0.39, 0.29) is 28.0 Å². The highest BCUT2D eigenvalue weighted by Crippen LogP contribution is 2.38. The average molecular weight is 497 g/mol. The molecule has 0 saturated carbocycles. The van der Waals surface area contributed by atoms with Crippen molar-refractivity contribution >= 4 is 34.1 Å². The second-order valence-electron chi connectivity index (χ2n) is 7.66. The lowest BCUT2D eigenvalue weighted by atomic mass is 9.80. The Kier molecular flexibility index (Phi) is 6.56. The zero-order chi connectivity index (χ0) is 25.4. The molecule has 1 aromatic heterocycles. The molecule has 2 amide bonds. The predicted octanol–water partition coefficient (Wildman–Crippen LogP) is 4.69. The van der Waals surface area contributed by atoms with Crippen molar-refractivity contribution in [2.45, 2.75) is 25.4 Å². The summed E-state index contributed by atoms with van der Waals surface area (Å²) in [5.41, 5.74) is 1.69. The second-order valence-corrected chi connectivity index (χ2v) is 8.66. The number of nitrogens with one attached hydrogen (secondary N) is 1. The van der Waals surface area contributed by atoms with Gasteiger partial charge in [-0.25, -0.2) is 13.8 Å². The number of aromatic nitrogens is 1. The highest BCUT2D eigenvalue weighted by Gasteiger charge is 2.41. The Bertz CT molecular complexity index is 1280. The number of carbonyl (C=O) groups excluding carboxylic acids is 3. The average Bonchev–Trinajstić information content (AvgIpc) is 3.18. The molecule has 0 aliphatic heterocycles. The third-order valence-electron chi connectivity index (χ3n) is 4.92. The first-order valence-corrected chi connectivity index (χ1v) is 10.3. The van der Waals surface area contributed by atoms with Gasteiger partial charge in [-0.1, -0.05) is 11.3 Å². The number of amides is 2. The standard InChI is InChI=1S/C22H16F5N3O3S/c1-21(2,14-9-12(24)7-8-13(14)18(28)32)19(33)30-20-29-17(22(25,26)27)16(34-20)15(31)10-3-5-11(23)6-4-10/h3-9H,1-2H3,(H2,28,32)(H,29,30,33). The molecule has 34 heavy (non-hydrogen) atoms. The van der Waals surface area contributed by atoms with Crippen LogP contribution in [0.5, 0.6) is 0 Å². The fourth-order valence-electron chi connectivity index (χ4n) is 3.08. The number of carbonyl (C=O) groups is 3. The molecule has 0 aliphatic rings. The van der Waals surface area contributed by atoms with E-state index in [1.165, 1.54) is 13.8 Å². The van der Waals surface area contributed by atoms with Gasteiger partial charge in [-0.15, -0.1) is 0 Å². The Balaban J connectivity index is 1.99. The Hall–Kier alpha value is -3.67. The molecule has 2 aromatic carbocycles. The summed E-state index contributed by atoms with van der Waals surface area (Å²) in [4.78, 5) is 39.9. The van der Waals surface area contributed by atoms with Crippen LogP contribution in [0.2, 0.25) is 0 Å². The summed E-state index contributed by atoms with van der Waals surface area (Å²) in [5.74, 6) is -4.37. The zero-order valence-corrected chi connectivity index (χ0v) is 18.4. The van der Waals surface area contributed by atoms with Crippen LogP contribution in [0.15, 0.2) is 42.5 Å². The largest absolute Gasteiger partial charge is 0.435 e.